The van der Waals surface area contributed by atoms with Crippen LogP contribution in [0.1, 0.15) is 21.9 Å². The van der Waals surface area contributed by atoms with Crippen LogP contribution in [-0.4, -0.2) is 32.6 Å². The maximum atomic E-state index is 11.4. The molecular weight excluding hydrogens is 314 g/mol. The number of hydrogen-bond donors (Lipinski definition) is 1. The maximum Gasteiger partial charge on any atom is 0.360 e. The first-order valence-corrected chi connectivity index (χ1v) is 6.32. The monoisotopic (exact) mass is 327 g/mol. The first-order chi connectivity index (χ1) is 8.93. The third kappa shape index (κ3) is 2.48. The number of ether oxygens (including phenoxy) is 1. The van der Waals surface area contributed by atoms with Crippen molar-refractivity contribution in [3.63, 3.8) is 0 Å². The molecule has 0 aliphatic heterocycles. The van der Waals surface area contributed by atoms with E-state index in [2.05, 4.69) is 30.9 Å². The van der Waals surface area contributed by atoms with Crippen molar-refractivity contribution < 1.29 is 9.53 Å². The molecule has 0 spiro atoms. The zero-order valence-corrected chi connectivity index (χ0v) is 12.4. The Bertz CT molecular complexity index is 631. The number of hydrogen-bond acceptors (Lipinski definition) is 5. The minimum absolute atomic E-state index is 0.123. The van der Waals surface area contributed by atoms with Crippen LogP contribution in [0.4, 0.5) is 5.69 Å². The molecule has 0 aromatic carbocycles. The Kier molecular flexibility index (Phi) is 3.61. The molecule has 0 saturated heterocycles. The summed E-state index contributed by atoms with van der Waals surface area (Å²) in [5.74, 6) is -0.545. The van der Waals surface area contributed by atoms with Gasteiger partial charge in [-0.05, 0) is 22.9 Å². The minimum Gasteiger partial charge on any atom is -0.464 e. The van der Waals surface area contributed by atoms with Gasteiger partial charge in [0, 0.05) is 13.2 Å². The van der Waals surface area contributed by atoms with Crippen molar-refractivity contribution in [1.29, 1.82) is 0 Å². The number of nitrogens with zero attached hydrogens (tertiary/aromatic N) is 4. The van der Waals surface area contributed by atoms with Crippen LogP contribution in [0.2, 0.25) is 0 Å². The summed E-state index contributed by atoms with van der Waals surface area (Å²) in [5, 5.41) is 8.42. The normalized spacial score (nSPS) is 10.7. The second-order valence-corrected chi connectivity index (χ2v) is 4.88. The average molecular weight is 328 g/mol. The number of anilines is 1. The summed E-state index contributed by atoms with van der Waals surface area (Å²) in [4.78, 5) is 11.4. The molecule has 0 atom stereocenters. The quantitative estimate of drug-likeness (QED) is 0.853. The fraction of sp³-hybridized carbons (Fsp3) is 0.364. The summed E-state index contributed by atoms with van der Waals surface area (Å²) >= 11 is 3.48. The van der Waals surface area contributed by atoms with Gasteiger partial charge in [-0.1, -0.05) is 0 Å². The molecular formula is C11H14BrN5O2. The van der Waals surface area contributed by atoms with Gasteiger partial charge in [0.2, 0.25) is 0 Å². The predicted octanol–water partition coefficient (Wildman–Crippen LogP) is 1.10. The highest BCUT2D eigenvalue weighted by atomic mass is 79.9. The molecule has 2 aromatic heterocycles. The highest BCUT2D eigenvalue weighted by molar-refractivity contribution is 9.10. The summed E-state index contributed by atoms with van der Waals surface area (Å²) in [7, 11) is 3.14. The number of esters is 1. The molecule has 0 amide bonds. The third-order valence-corrected chi connectivity index (χ3v) is 3.77. The second kappa shape index (κ2) is 5.04. The Morgan fingerprint density at radius 2 is 2.21 bits per heavy atom. The Balaban J connectivity index is 2.32. The molecule has 19 heavy (non-hydrogen) atoms. The third-order valence-electron chi connectivity index (χ3n) is 2.74. The number of carbonyl (C=O) groups excluding carboxylic acids is 1. The smallest absolute Gasteiger partial charge is 0.360 e. The van der Waals surface area contributed by atoms with E-state index in [1.807, 2.05) is 14.0 Å². The number of halogens is 1. The molecule has 0 saturated carbocycles. The summed E-state index contributed by atoms with van der Waals surface area (Å²) in [6, 6.07) is 0. The van der Waals surface area contributed by atoms with Crippen LogP contribution in [0.5, 0.6) is 0 Å². The van der Waals surface area contributed by atoms with Crippen molar-refractivity contribution in [2.45, 2.75) is 13.5 Å². The van der Waals surface area contributed by atoms with Gasteiger partial charge in [-0.3, -0.25) is 9.36 Å². The molecule has 2 heterocycles. The van der Waals surface area contributed by atoms with Crippen molar-refractivity contribution in [3.05, 3.63) is 27.8 Å². The molecule has 102 valence electrons. The van der Waals surface area contributed by atoms with Gasteiger partial charge in [-0.15, -0.1) is 0 Å². The summed E-state index contributed by atoms with van der Waals surface area (Å²) < 4.78 is 8.88. The standard InChI is InChI=1S/C11H14BrN5O2/c1-6-9(12)8(16(2)14-6)5-17-4-7(13)10(15-17)11(18)19-3/h4H,5,13H2,1-3H3. The number of rotatable bonds is 3. The molecule has 0 aliphatic rings. The van der Waals surface area contributed by atoms with Crippen LogP contribution >= 0.6 is 15.9 Å². The van der Waals surface area contributed by atoms with Gasteiger partial charge in [-0.25, -0.2) is 4.79 Å². The highest BCUT2D eigenvalue weighted by Crippen LogP contribution is 2.21. The number of nitrogen functional groups attached to an aromatic ring is 1. The molecule has 0 aliphatic carbocycles. The molecule has 8 heteroatoms. The van der Waals surface area contributed by atoms with Crippen molar-refractivity contribution in [3.8, 4) is 0 Å². The van der Waals surface area contributed by atoms with E-state index in [0.717, 1.165) is 15.9 Å². The lowest BCUT2D eigenvalue weighted by atomic mass is 10.3. The van der Waals surface area contributed by atoms with Crippen molar-refractivity contribution in [2.75, 3.05) is 12.8 Å². The molecule has 2 N–H and O–H groups in total. The Hall–Kier alpha value is -1.83. The van der Waals surface area contributed by atoms with Gasteiger partial charge in [0.25, 0.3) is 0 Å². The predicted molar refractivity (Wildman–Crippen MR) is 72.7 cm³/mol. The van der Waals surface area contributed by atoms with Crippen LogP contribution < -0.4 is 5.73 Å². The van der Waals surface area contributed by atoms with E-state index in [0.29, 0.717) is 12.2 Å². The van der Waals surface area contributed by atoms with Crippen molar-refractivity contribution in [2.24, 2.45) is 7.05 Å². The first kappa shape index (κ1) is 13.6. The highest BCUT2D eigenvalue weighted by Gasteiger charge is 2.17. The van der Waals surface area contributed by atoms with E-state index in [9.17, 15) is 4.79 Å². The van der Waals surface area contributed by atoms with Gasteiger partial charge in [0.15, 0.2) is 5.69 Å². The fourth-order valence-corrected chi connectivity index (χ4v) is 2.24. The Morgan fingerprint density at radius 3 is 2.74 bits per heavy atom. The number of aromatic nitrogens is 4. The molecule has 2 rings (SSSR count). The molecule has 0 bridgehead atoms. The average Bonchev–Trinajstić information content (AvgIpc) is 2.84. The van der Waals surface area contributed by atoms with Crippen molar-refractivity contribution >= 4 is 27.6 Å². The Labute approximate surface area is 118 Å². The first-order valence-electron chi connectivity index (χ1n) is 5.53. The number of aryl methyl sites for hydroxylation is 2. The van der Waals surface area contributed by atoms with E-state index in [1.165, 1.54) is 7.11 Å². The molecule has 7 nitrogen and oxygen atoms in total. The Morgan fingerprint density at radius 1 is 1.53 bits per heavy atom. The lowest BCUT2D eigenvalue weighted by Gasteiger charge is -2.03. The van der Waals surface area contributed by atoms with Gasteiger partial charge in [0.1, 0.15) is 0 Å². The van der Waals surface area contributed by atoms with Gasteiger partial charge >= 0.3 is 5.97 Å². The summed E-state index contributed by atoms with van der Waals surface area (Å²) in [6.07, 6.45) is 1.60. The van der Waals surface area contributed by atoms with Crippen LogP contribution in [0.25, 0.3) is 0 Å². The van der Waals surface area contributed by atoms with E-state index in [4.69, 9.17) is 5.73 Å². The number of methoxy groups -OCH3 is 1. The molecule has 0 radical (unpaired) electrons. The van der Waals surface area contributed by atoms with Gasteiger partial charge in [-0.2, -0.15) is 10.2 Å². The van der Waals surface area contributed by atoms with Crippen LogP contribution in [0.3, 0.4) is 0 Å². The number of nitrogens with two attached hydrogens (primary N) is 1. The second-order valence-electron chi connectivity index (χ2n) is 4.09. The van der Waals surface area contributed by atoms with E-state index < -0.39 is 5.97 Å². The molecule has 0 unspecified atom stereocenters. The lowest BCUT2D eigenvalue weighted by Crippen LogP contribution is -2.09. The van der Waals surface area contributed by atoms with Gasteiger partial charge < -0.3 is 10.5 Å². The van der Waals surface area contributed by atoms with E-state index in [1.54, 1.807) is 15.6 Å². The van der Waals surface area contributed by atoms with Crippen molar-refractivity contribution in [1.82, 2.24) is 19.6 Å². The van der Waals surface area contributed by atoms with E-state index >= 15 is 0 Å². The zero-order valence-electron chi connectivity index (χ0n) is 10.8. The lowest BCUT2D eigenvalue weighted by molar-refractivity contribution is 0.0594. The van der Waals surface area contributed by atoms with Crippen LogP contribution in [0, 0.1) is 6.92 Å². The minimum atomic E-state index is -0.545. The molecule has 0 fully saturated rings. The van der Waals surface area contributed by atoms with Crippen LogP contribution in [-0.2, 0) is 18.3 Å². The summed E-state index contributed by atoms with van der Waals surface area (Å²) in [5.41, 5.74) is 7.99. The summed E-state index contributed by atoms with van der Waals surface area (Å²) in [6.45, 7) is 2.37. The number of carbonyl (C=O) groups is 1. The van der Waals surface area contributed by atoms with Gasteiger partial charge in [0.05, 0.1) is 35.2 Å². The zero-order chi connectivity index (χ0) is 14.2. The van der Waals surface area contributed by atoms with E-state index in [-0.39, 0.29) is 5.69 Å². The molecule has 2 aromatic rings. The SMILES string of the molecule is COC(=O)c1nn(Cc2c(Br)c(C)nn2C)cc1N. The maximum absolute atomic E-state index is 11.4. The topological polar surface area (TPSA) is 88.0 Å². The van der Waals surface area contributed by atoms with Crippen LogP contribution in [0.15, 0.2) is 10.7 Å². The largest absolute Gasteiger partial charge is 0.464 e. The fourth-order valence-electron chi connectivity index (χ4n) is 1.78.